The Balaban J connectivity index is 2.85. The van der Waals surface area contributed by atoms with E-state index in [2.05, 4.69) is 15.9 Å². The molecule has 1 atom stereocenters. The van der Waals surface area contributed by atoms with Gasteiger partial charge in [-0.05, 0) is 28.3 Å². The second-order valence-corrected chi connectivity index (χ2v) is 4.50. The Kier molecular flexibility index (Phi) is 4.61. The molecule has 0 heterocycles. The first-order valence-electron chi connectivity index (χ1n) is 4.94. The van der Waals surface area contributed by atoms with E-state index in [1.807, 2.05) is 6.92 Å². The van der Waals surface area contributed by atoms with Crippen LogP contribution in [-0.4, -0.2) is 9.62 Å². The molecular weight excluding hydrogens is 274 g/mol. The molecule has 0 aliphatic carbocycles. The molecule has 0 saturated carbocycles. The summed E-state index contributed by atoms with van der Waals surface area (Å²) in [6, 6.07) is 6.64. The summed E-state index contributed by atoms with van der Waals surface area (Å²) in [6.07, 6.45) is 0.988. The molecule has 5 heteroatoms. The minimum atomic E-state index is -0.387. The zero-order valence-corrected chi connectivity index (χ0v) is 10.4. The van der Waals surface area contributed by atoms with Crippen LogP contribution in [0.5, 0.6) is 0 Å². The summed E-state index contributed by atoms with van der Waals surface area (Å²) in [4.78, 5) is 21.2. The van der Waals surface area contributed by atoms with Crippen LogP contribution in [0.25, 0.3) is 0 Å². The highest BCUT2D eigenvalue weighted by Crippen LogP contribution is 2.29. The van der Waals surface area contributed by atoms with Crippen molar-refractivity contribution in [3.63, 3.8) is 0 Å². The van der Waals surface area contributed by atoms with E-state index in [9.17, 15) is 14.9 Å². The largest absolute Gasteiger partial charge is 0.287 e. The maximum absolute atomic E-state index is 10.8. The van der Waals surface area contributed by atoms with Crippen LogP contribution in [0, 0.1) is 10.1 Å². The number of carbonyl (C=O) groups excluding carboxylic acids is 1. The molecule has 0 bridgehead atoms. The van der Waals surface area contributed by atoms with Gasteiger partial charge in [-0.25, -0.2) is 0 Å². The lowest BCUT2D eigenvalue weighted by atomic mass is 9.95. The van der Waals surface area contributed by atoms with Gasteiger partial charge in [-0.2, -0.15) is 0 Å². The smallest absolute Gasteiger partial charge is 0.272 e. The third-order valence-electron chi connectivity index (χ3n) is 2.44. The molecule has 0 aromatic heterocycles. The van der Waals surface area contributed by atoms with Crippen LogP contribution < -0.4 is 0 Å². The second-order valence-electron chi connectivity index (χ2n) is 3.61. The number of hydrogen-bond acceptors (Lipinski definition) is 3. The molecule has 0 N–H and O–H groups in total. The Labute approximate surface area is 102 Å². The molecule has 0 radical (unpaired) electrons. The average molecular weight is 286 g/mol. The number of para-hydroxylation sites is 1. The first kappa shape index (κ1) is 12.8. The van der Waals surface area contributed by atoms with Crippen molar-refractivity contribution in [1.82, 2.24) is 0 Å². The molecule has 16 heavy (non-hydrogen) atoms. The minimum Gasteiger partial charge on any atom is -0.287 e. The Bertz CT molecular complexity index is 406. The number of rotatable bonds is 5. The third kappa shape index (κ3) is 3.41. The molecular formula is C11H12BrNO3. The lowest BCUT2D eigenvalue weighted by molar-refractivity contribution is -0.385. The van der Waals surface area contributed by atoms with Crippen LogP contribution in [0.2, 0.25) is 0 Å². The van der Waals surface area contributed by atoms with E-state index in [4.69, 9.17) is 0 Å². The predicted octanol–water partition coefficient (Wildman–Crippen LogP) is 3.40. The number of nitro groups is 1. The first-order chi connectivity index (χ1) is 7.52. The number of carbonyl (C=O) groups is 1. The van der Waals surface area contributed by atoms with Gasteiger partial charge >= 0.3 is 0 Å². The van der Waals surface area contributed by atoms with E-state index in [1.165, 1.54) is 6.07 Å². The van der Waals surface area contributed by atoms with Crippen molar-refractivity contribution in [2.75, 3.05) is 0 Å². The van der Waals surface area contributed by atoms with Gasteiger partial charge in [-0.15, -0.1) is 0 Å². The Hall–Kier alpha value is -1.23. The van der Waals surface area contributed by atoms with Crippen LogP contribution in [-0.2, 0) is 4.79 Å². The zero-order chi connectivity index (χ0) is 12.1. The van der Waals surface area contributed by atoms with Gasteiger partial charge in [-0.1, -0.05) is 25.1 Å². The van der Waals surface area contributed by atoms with Crippen LogP contribution in [0.3, 0.4) is 0 Å². The number of halogens is 1. The molecule has 1 rings (SSSR count). The summed E-state index contributed by atoms with van der Waals surface area (Å²) < 4.78 is -0.0714. The van der Waals surface area contributed by atoms with E-state index in [-0.39, 0.29) is 21.2 Å². The maximum atomic E-state index is 10.8. The van der Waals surface area contributed by atoms with Crippen molar-refractivity contribution in [3.8, 4) is 0 Å². The molecule has 1 aromatic rings. The molecule has 4 nitrogen and oxygen atoms in total. The summed E-state index contributed by atoms with van der Waals surface area (Å²) in [5.41, 5.74) is 0.804. The van der Waals surface area contributed by atoms with Gasteiger partial charge in [-0.3, -0.25) is 14.9 Å². The fourth-order valence-corrected chi connectivity index (χ4v) is 1.78. The lowest BCUT2D eigenvalue weighted by Crippen LogP contribution is -2.01. The van der Waals surface area contributed by atoms with Gasteiger partial charge in [0.1, 0.15) is 0 Å². The SMILES string of the molecule is CC(CCC(=O)Br)c1ccccc1[N+](=O)[O-]. The van der Waals surface area contributed by atoms with Crippen molar-refractivity contribution in [2.24, 2.45) is 0 Å². The van der Waals surface area contributed by atoms with Crippen molar-refractivity contribution in [1.29, 1.82) is 0 Å². The van der Waals surface area contributed by atoms with Crippen LogP contribution in [0.4, 0.5) is 5.69 Å². The molecule has 1 unspecified atom stereocenters. The monoisotopic (exact) mass is 285 g/mol. The van der Waals surface area contributed by atoms with Gasteiger partial charge in [0.2, 0.25) is 0 Å². The maximum Gasteiger partial charge on any atom is 0.272 e. The minimum absolute atomic E-state index is 0.00287. The molecule has 0 spiro atoms. The van der Waals surface area contributed by atoms with E-state index in [1.54, 1.807) is 18.2 Å². The molecule has 1 aromatic carbocycles. The van der Waals surface area contributed by atoms with E-state index < -0.39 is 0 Å². The highest BCUT2D eigenvalue weighted by atomic mass is 79.9. The van der Waals surface area contributed by atoms with Crippen molar-refractivity contribution >= 4 is 26.3 Å². The zero-order valence-electron chi connectivity index (χ0n) is 8.85. The number of nitro benzene ring substituents is 1. The molecule has 0 amide bonds. The van der Waals surface area contributed by atoms with E-state index in [0.29, 0.717) is 18.4 Å². The summed E-state index contributed by atoms with van der Waals surface area (Å²) in [7, 11) is 0. The number of nitrogens with zero attached hydrogens (tertiary/aromatic N) is 1. The molecule has 0 saturated heterocycles. The molecule has 0 fully saturated rings. The van der Waals surface area contributed by atoms with Crippen molar-refractivity contribution in [2.45, 2.75) is 25.7 Å². The van der Waals surface area contributed by atoms with Gasteiger partial charge < -0.3 is 0 Å². The van der Waals surface area contributed by atoms with E-state index >= 15 is 0 Å². The fourth-order valence-electron chi connectivity index (χ4n) is 1.56. The first-order valence-corrected chi connectivity index (χ1v) is 5.73. The summed E-state index contributed by atoms with van der Waals surface area (Å²) >= 11 is 2.85. The fraction of sp³-hybridized carbons (Fsp3) is 0.364. The van der Waals surface area contributed by atoms with Crippen molar-refractivity contribution in [3.05, 3.63) is 39.9 Å². The summed E-state index contributed by atoms with van der Waals surface area (Å²) in [6.45, 7) is 1.89. The Morgan fingerprint density at radius 3 is 2.69 bits per heavy atom. The van der Waals surface area contributed by atoms with Gasteiger partial charge in [0.05, 0.1) is 4.92 Å². The summed E-state index contributed by atoms with van der Waals surface area (Å²) in [5.74, 6) is 0.00287. The quantitative estimate of drug-likeness (QED) is 0.473. The van der Waals surface area contributed by atoms with Gasteiger partial charge in [0, 0.05) is 18.1 Å². The van der Waals surface area contributed by atoms with Gasteiger partial charge in [0.15, 0.2) is 4.69 Å². The van der Waals surface area contributed by atoms with Crippen LogP contribution in [0.1, 0.15) is 31.2 Å². The molecule has 0 aliphatic heterocycles. The molecule has 86 valence electrons. The average Bonchev–Trinajstić information content (AvgIpc) is 2.25. The van der Waals surface area contributed by atoms with Crippen LogP contribution >= 0.6 is 15.9 Å². The topological polar surface area (TPSA) is 60.2 Å². The standard InChI is InChI=1S/C11H12BrNO3/c1-8(6-7-11(12)14)9-4-2-3-5-10(9)13(15)16/h2-5,8H,6-7H2,1H3. The second kappa shape index (κ2) is 5.75. The number of benzene rings is 1. The Morgan fingerprint density at radius 2 is 2.12 bits per heavy atom. The highest BCUT2D eigenvalue weighted by Gasteiger charge is 2.18. The normalized spacial score (nSPS) is 12.1. The number of hydrogen-bond donors (Lipinski definition) is 0. The lowest BCUT2D eigenvalue weighted by Gasteiger charge is -2.10. The van der Waals surface area contributed by atoms with Crippen LogP contribution in [0.15, 0.2) is 24.3 Å². The molecule has 0 aliphatic rings. The van der Waals surface area contributed by atoms with Gasteiger partial charge in [0.25, 0.3) is 5.69 Å². The van der Waals surface area contributed by atoms with Crippen molar-refractivity contribution < 1.29 is 9.72 Å². The predicted molar refractivity (Wildman–Crippen MR) is 64.7 cm³/mol. The van der Waals surface area contributed by atoms with E-state index in [0.717, 1.165) is 0 Å². The third-order valence-corrected chi connectivity index (χ3v) is 2.83. The summed E-state index contributed by atoms with van der Waals surface area (Å²) in [5, 5.41) is 10.8. The highest BCUT2D eigenvalue weighted by molar-refractivity contribution is 9.18. The Morgan fingerprint density at radius 1 is 1.50 bits per heavy atom.